The van der Waals surface area contributed by atoms with Crippen molar-refractivity contribution in [2.45, 2.75) is 18.8 Å². The number of aromatic amines is 1. The Bertz CT molecular complexity index is 858. The zero-order valence-corrected chi connectivity index (χ0v) is 13.1. The summed E-state index contributed by atoms with van der Waals surface area (Å²) in [6, 6.07) is 11.1. The molecule has 3 heterocycles. The molecule has 0 saturated carbocycles. The van der Waals surface area contributed by atoms with Crippen molar-refractivity contribution in [1.29, 1.82) is 0 Å². The average Bonchev–Trinajstić information content (AvgIpc) is 3.06. The van der Waals surface area contributed by atoms with Gasteiger partial charge in [0.1, 0.15) is 5.82 Å². The minimum absolute atomic E-state index is 0.0581. The molecule has 0 aliphatic carbocycles. The number of benzene rings is 1. The van der Waals surface area contributed by atoms with Crippen LogP contribution in [-0.4, -0.2) is 33.0 Å². The summed E-state index contributed by atoms with van der Waals surface area (Å²) in [7, 11) is 0. The van der Waals surface area contributed by atoms with E-state index < -0.39 is 0 Å². The minimum Gasteiger partial charge on any atom is -0.350 e. The summed E-state index contributed by atoms with van der Waals surface area (Å²) in [5.41, 5.74) is 2.03. The molecule has 7 heteroatoms. The SMILES string of the molecule is O=[N+]([O-])c1cccnc1N1CCC[C@H](c2nc3ccccc3[nH]2)C1. The number of H-pyrrole nitrogens is 1. The molecule has 1 saturated heterocycles. The van der Waals surface area contributed by atoms with Gasteiger partial charge < -0.3 is 9.88 Å². The van der Waals surface area contributed by atoms with Crippen LogP contribution in [0.3, 0.4) is 0 Å². The molecule has 7 nitrogen and oxygen atoms in total. The van der Waals surface area contributed by atoms with Gasteiger partial charge in [0.25, 0.3) is 0 Å². The van der Waals surface area contributed by atoms with E-state index in [2.05, 4.69) is 15.0 Å². The number of fused-ring (bicyclic) bond motifs is 1. The van der Waals surface area contributed by atoms with E-state index in [0.717, 1.165) is 36.2 Å². The Labute approximate surface area is 138 Å². The second kappa shape index (κ2) is 5.92. The molecule has 1 aliphatic heterocycles. The highest BCUT2D eigenvalue weighted by molar-refractivity contribution is 5.74. The van der Waals surface area contributed by atoms with Crippen LogP contribution in [0.1, 0.15) is 24.6 Å². The molecule has 4 rings (SSSR count). The fourth-order valence-electron chi connectivity index (χ4n) is 3.33. The maximum Gasteiger partial charge on any atom is 0.311 e. The van der Waals surface area contributed by atoms with Gasteiger partial charge in [0, 0.05) is 31.3 Å². The van der Waals surface area contributed by atoms with Crippen LogP contribution in [0, 0.1) is 10.1 Å². The summed E-state index contributed by atoms with van der Waals surface area (Å²) >= 11 is 0. The number of aromatic nitrogens is 3. The Morgan fingerprint density at radius 2 is 2.12 bits per heavy atom. The number of nitro groups is 1. The normalized spacial score (nSPS) is 18.0. The molecule has 1 N–H and O–H groups in total. The van der Waals surface area contributed by atoms with Gasteiger partial charge in [-0.2, -0.15) is 0 Å². The Morgan fingerprint density at radius 1 is 1.25 bits per heavy atom. The zero-order chi connectivity index (χ0) is 16.5. The minimum atomic E-state index is -0.368. The largest absolute Gasteiger partial charge is 0.350 e. The summed E-state index contributed by atoms with van der Waals surface area (Å²) in [5.74, 6) is 1.61. The van der Waals surface area contributed by atoms with Crippen molar-refractivity contribution in [3.8, 4) is 0 Å². The van der Waals surface area contributed by atoms with E-state index in [9.17, 15) is 10.1 Å². The average molecular weight is 323 g/mol. The standard InChI is InChI=1S/C17H17N5O2/c23-22(24)15-8-3-9-18-17(15)21-10-4-5-12(11-21)16-19-13-6-1-2-7-14(13)20-16/h1-3,6-9,12H,4-5,10-11H2,(H,19,20)/t12-/m0/s1. The quantitative estimate of drug-likeness (QED) is 0.590. The van der Waals surface area contributed by atoms with Gasteiger partial charge in [-0.05, 0) is 31.0 Å². The Kier molecular flexibility index (Phi) is 3.60. The van der Waals surface area contributed by atoms with E-state index in [1.54, 1.807) is 12.3 Å². The van der Waals surface area contributed by atoms with Crippen LogP contribution in [0.5, 0.6) is 0 Å². The number of hydrogen-bond acceptors (Lipinski definition) is 5. The molecule has 1 aliphatic rings. The smallest absolute Gasteiger partial charge is 0.311 e. The molecular weight excluding hydrogens is 306 g/mol. The first-order chi connectivity index (χ1) is 11.7. The van der Waals surface area contributed by atoms with E-state index >= 15 is 0 Å². The highest BCUT2D eigenvalue weighted by Crippen LogP contribution is 2.32. The molecule has 1 atom stereocenters. The molecule has 122 valence electrons. The number of anilines is 1. The first kappa shape index (κ1) is 14.6. The topological polar surface area (TPSA) is 87.9 Å². The summed E-state index contributed by atoms with van der Waals surface area (Å²) in [4.78, 5) is 25.2. The van der Waals surface area contributed by atoms with Crippen LogP contribution in [-0.2, 0) is 0 Å². The highest BCUT2D eigenvalue weighted by Gasteiger charge is 2.28. The number of imidazole rings is 1. The molecule has 0 bridgehead atoms. The number of piperidine rings is 1. The van der Waals surface area contributed by atoms with Gasteiger partial charge in [-0.1, -0.05) is 12.1 Å². The number of rotatable bonds is 3. The molecule has 0 radical (unpaired) electrons. The zero-order valence-electron chi connectivity index (χ0n) is 13.1. The fourth-order valence-corrected chi connectivity index (χ4v) is 3.33. The molecule has 0 spiro atoms. The van der Waals surface area contributed by atoms with Gasteiger partial charge >= 0.3 is 5.69 Å². The maximum absolute atomic E-state index is 11.3. The number of para-hydroxylation sites is 2. The lowest BCUT2D eigenvalue weighted by Crippen LogP contribution is -2.35. The molecule has 0 amide bonds. The lowest BCUT2D eigenvalue weighted by atomic mass is 9.97. The van der Waals surface area contributed by atoms with Crippen molar-refractivity contribution in [3.05, 3.63) is 58.5 Å². The van der Waals surface area contributed by atoms with Gasteiger partial charge in [0.2, 0.25) is 5.82 Å². The fraction of sp³-hybridized carbons (Fsp3) is 0.294. The summed E-state index contributed by atoms with van der Waals surface area (Å²) in [6.45, 7) is 1.45. The molecule has 3 aromatic rings. The monoisotopic (exact) mass is 323 g/mol. The van der Waals surface area contributed by atoms with E-state index in [1.807, 2.05) is 29.2 Å². The maximum atomic E-state index is 11.3. The molecular formula is C17H17N5O2. The van der Waals surface area contributed by atoms with Crippen molar-refractivity contribution in [1.82, 2.24) is 15.0 Å². The van der Waals surface area contributed by atoms with E-state index in [1.165, 1.54) is 6.07 Å². The summed E-state index contributed by atoms with van der Waals surface area (Å²) in [6.07, 6.45) is 3.57. The Balaban J connectivity index is 1.63. The van der Waals surface area contributed by atoms with Crippen LogP contribution in [0.15, 0.2) is 42.6 Å². The van der Waals surface area contributed by atoms with Gasteiger partial charge in [-0.15, -0.1) is 0 Å². The van der Waals surface area contributed by atoms with Gasteiger partial charge in [0.15, 0.2) is 0 Å². The number of nitrogens with zero attached hydrogens (tertiary/aromatic N) is 4. The van der Waals surface area contributed by atoms with E-state index in [4.69, 9.17) is 0 Å². The number of pyridine rings is 1. The summed E-state index contributed by atoms with van der Waals surface area (Å²) < 4.78 is 0. The third-order valence-corrected chi connectivity index (χ3v) is 4.48. The van der Waals surface area contributed by atoms with Crippen molar-refractivity contribution in [2.75, 3.05) is 18.0 Å². The predicted molar refractivity (Wildman–Crippen MR) is 91.2 cm³/mol. The van der Waals surface area contributed by atoms with Crippen molar-refractivity contribution >= 4 is 22.5 Å². The van der Waals surface area contributed by atoms with Crippen molar-refractivity contribution in [3.63, 3.8) is 0 Å². The second-order valence-electron chi connectivity index (χ2n) is 6.03. The van der Waals surface area contributed by atoms with Crippen molar-refractivity contribution < 1.29 is 4.92 Å². The van der Waals surface area contributed by atoms with Gasteiger partial charge in [-0.25, -0.2) is 9.97 Å². The molecule has 2 aromatic heterocycles. The van der Waals surface area contributed by atoms with Crippen LogP contribution in [0.25, 0.3) is 11.0 Å². The van der Waals surface area contributed by atoms with Gasteiger partial charge in [-0.3, -0.25) is 10.1 Å². The molecule has 24 heavy (non-hydrogen) atoms. The summed E-state index contributed by atoms with van der Waals surface area (Å²) in [5, 5.41) is 11.3. The first-order valence-corrected chi connectivity index (χ1v) is 8.01. The number of nitrogens with one attached hydrogen (secondary N) is 1. The first-order valence-electron chi connectivity index (χ1n) is 8.01. The second-order valence-corrected chi connectivity index (χ2v) is 6.03. The van der Waals surface area contributed by atoms with Crippen LogP contribution >= 0.6 is 0 Å². The van der Waals surface area contributed by atoms with Crippen LogP contribution < -0.4 is 4.90 Å². The van der Waals surface area contributed by atoms with Gasteiger partial charge in [0.05, 0.1) is 16.0 Å². The third-order valence-electron chi connectivity index (χ3n) is 4.48. The van der Waals surface area contributed by atoms with E-state index in [0.29, 0.717) is 12.4 Å². The molecule has 1 aromatic carbocycles. The molecule has 0 unspecified atom stereocenters. The lowest BCUT2D eigenvalue weighted by molar-refractivity contribution is -0.384. The van der Waals surface area contributed by atoms with Crippen molar-refractivity contribution in [2.24, 2.45) is 0 Å². The highest BCUT2D eigenvalue weighted by atomic mass is 16.6. The lowest BCUT2D eigenvalue weighted by Gasteiger charge is -2.32. The predicted octanol–water partition coefficient (Wildman–Crippen LogP) is 3.25. The Morgan fingerprint density at radius 3 is 2.96 bits per heavy atom. The van der Waals surface area contributed by atoms with Crippen LogP contribution in [0.4, 0.5) is 11.5 Å². The number of hydrogen-bond donors (Lipinski definition) is 1. The third kappa shape index (κ3) is 2.58. The van der Waals surface area contributed by atoms with E-state index in [-0.39, 0.29) is 16.5 Å². The Hall–Kier alpha value is -2.96. The van der Waals surface area contributed by atoms with Crippen LogP contribution in [0.2, 0.25) is 0 Å². The molecule has 1 fully saturated rings.